The number of hydrogen-bond donors (Lipinski definition) is 1. The number of hydrogen-bond acceptors (Lipinski definition) is 7. The lowest BCUT2D eigenvalue weighted by molar-refractivity contribution is 0.355. The molecule has 164 valence electrons. The normalized spacial score (nSPS) is 11.7. The third-order valence-corrected chi connectivity index (χ3v) is 5.43. The Hall–Kier alpha value is -4.10. The molecule has 1 N–H and O–H groups in total. The van der Waals surface area contributed by atoms with Gasteiger partial charge in [0.25, 0.3) is 0 Å². The lowest BCUT2D eigenvalue weighted by Crippen LogP contribution is -2.08. The molecule has 0 saturated carbocycles. The van der Waals surface area contributed by atoms with Crippen LogP contribution in [0.5, 0.6) is 11.5 Å². The third kappa shape index (κ3) is 4.06. The number of ether oxygens (including phenoxy) is 2. The first-order chi connectivity index (χ1) is 16.2. The molecular formula is C25H19ClN4O3. The Balaban J connectivity index is 1.67. The van der Waals surface area contributed by atoms with Gasteiger partial charge in [-0.1, -0.05) is 23.7 Å². The summed E-state index contributed by atoms with van der Waals surface area (Å²) < 4.78 is 17.0. The number of rotatable bonds is 5. The van der Waals surface area contributed by atoms with E-state index in [0.29, 0.717) is 39.0 Å². The summed E-state index contributed by atoms with van der Waals surface area (Å²) in [6, 6.07) is 20.6. The van der Waals surface area contributed by atoms with Crippen LogP contribution in [0.2, 0.25) is 5.02 Å². The fraction of sp³-hybridized carbons (Fsp3) is 0.0800. The molecule has 3 aromatic carbocycles. The SMILES string of the molecule is COc1ccc(-c2cc(=NNc3ncnc4ccccc34)c3cc(Cl)ccc3o2)cc1OC. The van der Waals surface area contributed by atoms with Gasteiger partial charge in [0.15, 0.2) is 17.3 Å². The van der Waals surface area contributed by atoms with Gasteiger partial charge in [-0.2, -0.15) is 5.10 Å². The van der Waals surface area contributed by atoms with Crippen LogP contribution in [0.1, 0.15) is 0 Å². The number of anilines is 1. The number of aromatic nitrogens is 2. The van der Waals surface area contributed by atoms with Gasteiger partial charge in [-0.3, -0.25) is 5.43 Å². The van der Waals surface area contributed by atoms with Crippen molar-refractivity contribution in [1.82, 2.24) is 9.97 Å². The monoisotopic (exact) mass is 458 g/mol. The van der Waals surface area contributed by atoms with Gasteiger partial charge in [-0.15, -0.1) is 0 Å². The molecule has 2 aromatic heterocycles. The number of methoxy groups -OCH3 is 2. The zero-order valence-corrected chi connectivity index (χ0v) is 18.6. The van der Waals surface area contributed by atoms with Gasteiger partial charge in [0.2, 0.25) is 0 Å². The quantitative estimate of drug-likeness (QED) is 0.343. The number of para-hydroxylation sites is 1. The van der Waals surface area contributed by atoms with E-state index >= 15 is 0 Å². The molecule has 0 spiro atoms. The highest BCUT2D eigenvalue weighted by atomic mass is 35.5. The van der Waals surface area contributed by atoms with Crippen molar-refractivity contribution in [2.75, 3.05) is 19.6 Å². The molecule has 0 aliphatic heterocycles. The predicted molar refractivity (Wildman–Crippen MR) is 128 cm³/mol. The van der Waals surface area contributed by atoms with Crippen molar-refractivity contribution in [3.05, 3.63) is 83.4 Å². The molecular weight excluding hydrogens is 440 g/mol. The van der Waals surface area contributed by atoms with E-state index < -0.39 is 0 Å². The van der Waals surface area contributed by atoms with E-state index in [4.69, 9.17) is 25.5 Å². The van der Waals surface area contributed by atoms with Crippen LogP contribution in [-0.4, -0.2) is 24.2 Å². The number of halogens is 1. The predicted octanol–water partition coefficient (Wildman–Crippen LogP) is 5.64. The van der Waals surface area contributed by atoms with E-state index in [9.17, 15) is 0 Å². The summed E-state index contributed by atoms with van der Waals surface area (Å²) in [4.78, 5) is 8.64. The summed E-state index contributed by atoms with van der Waals surface area (Å²) in [6.45, 7) is 0. The lowest BCUT2D eigenvalue weighted by Gasteiger charge is -2.10. The number of fused-ring (bicyclic) bond motifs is 2. The van der Waals surface area contributed by atoms with E-state index in [1.165, 1.54) is 6.33 Å². The van der Waals surface area contributed by atoms with E-state index in [1.54, 1.807) is 20.3 Å². The van der Waals surface area contributed by atoms with Crippen molar-refractivity contribution in [3.63, 3.8) is 0 Å². The van der Waals surface area contributed by atoms with Gasteiger partial charge in [0.1, 0.15) is 17.7 Å². The lowest BCUT2D eigenvalue weighted by atomic mass is 10.1. The van der Waals surface area contributed by atoms with Crippen LogP contribution in [0.4, 0.5) is 5.82 Å². The highest BCUT2D eigenvalue weighted by Crippen LogP contribution is 2.33. The Morgan fingerprint density at radius 2 is 1.73 bits per heavy atom. The van der Waals surface area contributed by atoms with Crippen molar-refractivity contribution in [2.24, 2.45) is 5.10 Å². The van der Waals surface area contributed by atoms with Crippen LogP contribution < -0.4 is 20.3 Å². The van der Waals surface area contributed by atoms with E-state index in [2.05, 4.69) is 20.5 Å². The Bertz CT molecular complexity index is 1540. The average Bonchev–Trinajstić information content (AvgIpc) is 2.86. The maximum Gasteiger partial charge on any atom is 0.161 e. The highest BCUT2D eigenvalue weighted by Gasteiger charge is 2.11. The Morgan fingerprint density at radius 3 is 2.58 bits per heavy atom. The highest BCUT2D eigenvalue weighted by molar-refractivity contribution is 6.31. The summed E-state index contributed by atoms with van der Waals surface area (Å²) in [7, 11) is 3.19. The Morgan fingerprint density at radius 1 is 0.879 bits per heavy atom. The molecule has 0 atom stereocenters. The van der Waals surface area contributed by atoms with Crippen molar-refractivity contribution in [2.45, 2.75) is 0 Å². The Kier molecular flexibility index (Phi) is 5.54. The number of benzene rings is 3. The zero-order valence-electron chi connectivity index (χ0n) is 17.9. The molecule has 0 aliphatic carbocycles. The molecule has 33 heavy (non-hydrogen) atoms. The largest absolute Gasteiger partial charge is 0.493 e. The molecule has 0 radical (unpaired) electrons. The smallest absolute Gasteiger partial charge is 0.161 e. The van der Waals surface area contributed by atoms with E-state index in [-0.39, 0.29) is 0 Å². The molecule has 7 nitrogen and oxygen atoms in total. The second kappa shape index (κ2) is 8.80. The topological polar surface area (TPSA) is 81.8 Å². The fourth-order valence-electron chi connectivity index (χ4n) is 3.57. The van der Waals surface area contributed by atoms with Gasteiger partial charge in [0, 0.05) is 27.4 Å². The van der Waals surface area contributed by atoms with Crippen LogP contribution in [-0.2, 0) is 0 Å². The van der Waals surface area contributed by atoms with Crippen LogP contribution in [0.15, 0.2) is 82.6 Å². The van der Waals surface area contributed by atoms with Crippen LogP contribution >= 0.6 is 11.6 Å². The van der Waals surface area contributed by atoms with E-state index in [1.807, 2.05) is 60.7 Å². The molecule has 5 aromatic rings. The average molecular weight is 459 g/mol. The molecule has 8 heteroatoms. The minimum Gasteiger partial charge on any atom is -0.493 e. The van der Waals surface area contributed by atoms with Crippen LogP contribution in [0.3, 0.4) is 0 Å². The summed E-state index contributed by atoms with van der Waals surface area (Å²) >= 11 is 6.26. The summed E-state index contributed by atoms with van der Waals surface area (Å²) in [5, 5.41) is 7.50. The molecule has 2 heterocycles. The summed E-state index contributed by atoms with van der Waals surface area (Å²) in [6.07, 6.45) is 1.50. The molecule has 0 amide bonds. The van der Waals surface area contributed by atoms with Crippen molar-refractivity contribution in [3.8, 4) is 22.8 Å². The maximum absolute atomic E-state index is 6.26. The minimum atomic E-state index is 0.584. The van der Waals surface area contributed by atoms with Crippen molar-refractivity contribution >= 4 is 39.3 Å². The first-order valence-electron chi connectivity index (χ1n) is 10.1. The molecule has 0 bridgehead atoms. The fourth-order valence-corrected chi connectivity index (χ4v) is 3.74. The molecule has 0 saturated heterocycles. The second-order valence-electron chi connectivity index (χ2n) is 7.17. The minimum absolute atomic E-state index is 0.584. The van der Waals surface area contributed by atoms with Gasteiger partial charge in [0.05, 0.1) is 25.1 Å². The Labute approximate surface area is 194 Å². The molecule has 5 rings (SSSR count). The summed E-state index contributed by atoms with van der Waals surface area (Å²) in [5.74, 6) is 2.45. The zero-order chi connectivity index (χ0) is 22.8. The number of nitrogens with zero attached hydrogens (tertiary/aromatic N) is 3. The first-order valence-corrected chi connectivity index (χ1v) is 10.5. The standard InChI is InChI=1S/C25H19ClN4O3/c1-31-22-9-7-15(11-24(22)32-2)23-13-20(18-12-16(26)8-10-21(18)33-23)29-30-25-17-5-3-4-6-19(17)27-14-28-25/h3-14H,1-2H3,(H,27,28,30). The van der Waals surface area contributed by atoms with Crippen LogP contribution in [0.25, 0.3) is 33.2 Å². The molecule has 0 aliphatic rings. The van der Waals surface area contributed by atoms with Crippen LogP contribution in [0, 0.1) is 0 Å². The van der Waals surface area contributed by atoms with Gasteiger partial charge in [-0.25, -0.2) is 9.97 Å². The van der Waals surface area contributed by atoms with Gasteiger partial charge < -0.3 is 13.9 Å². The molecule has 0 unspecified atom stereocenters. The maximum atomic E-state index is 6.26. The van der Waals surface area contributed by atoms with Gasteiger partial charge in [-0.05, 0) is 48.5 Å². The summed E-state index contributed by atoms with van der Waals surface area (Å²) in [5.41, 5.74) is 5.36. The van der Waals surface area contributed by atoms with Crippen molar-refractivity contribution < 1.29 is 13.9 Å². The third-order valence-electron chi connectivity index (χ3n) is 5.20. The second-order valence-corrected chi connectivity index (χ2v) is 7.61. The molecule has 0 fully saturated rings. The van der Waals surface area contributed by atoms with E-state index in [0.717, 1.165) is 21.9 Å². The van der Waals surface area contributed by atoms with Gasteiger partial charge >= 0.3 is 0 Å². The van der Waals surface area contributed by atoms with Crippen molar-refractivity contribution in [1.29, 1.82) is 0 Å². The number of nitrogens with one attached hydrogen (secondary N) is 1. The first kappa shape index (κ1) is 20.8.